The normalized spacial score (nSPS) is 36.5. The van der Waals surface area contributed by atoms with E-state index in [0.717, 1.165) is 19.4 Å². The molecule has 1 heterocycles. The summed E-state index contributed by atoms with van der Waals surface area (Å²) in [5.41, 5.74) is -0.953. The summed E-state index contributed by atoms with van der Waals surface area (Å²) in [4.78, 5) is 12.4. The van der Waals surface area contributed by atoms with Crippen molar-refractivity contribution in [3.8, 4) is 0 Å². The Morgan fingerprint density at radius 1 is 1.26 bits per heavy atom. The highest BCUT2D eigenvalue weighted by molar-refractivity contribution is 7.86. The smallest absolute Gasteiger partial charge is 0.268 e. The summed E-state index contributed by atoms with van der Waals surface area (Å²) < 4.78 is 30.2. The van der Waals surface area contributed by atoms with Gasteiger partial charge in [0.2, 0.25) is 0 Å². The summed E-state index contributed by atoms with van der Waals surface area (Å²) in [6.07, 6.45) is 6.37. The number of ketones is 1. The molecule has 0 amide bonds. The van der Waals surface area contributed by atoms with Crippen LogP contribution in [0.4, 0.5) is 0 Å². The van der Waals surface area contributed by atoms with Crippen molar-refractivity contribution in [2.45, 2.75) is 64.8 Å². The Kier molecular flexibility index (Phi) is 4.62. The minimum Gasteiger partial charge on any atom is -0.314 e. The van der Waals surface area contributed by atoms with E-state index in [0.29, 0.717) is 31.2 Å². The molecular weight excluding hydrogens is 314 g/mol. The van der Waals surface area contributed by atoms with Crippen molar-refractivity contribution in [3.05, 3.63) is 0 Å². The molecule has 0 aromatic rings. The first-order valence-corrected chi connectivity index (χ1v) is 10.5. The van der Waals surface area contributed by atoms with Crippen LogP contribution in [0.1, 0.15) is 58.8 Å². The van der Waals surface area contributed by atoms with Gasteiger partial charge in [0.05, 0.1) is 17.8 Å². The fourth-order valence-corrected chi connectivity index (χ4v) is 6.65. The first-order valence-electron chi connectivity index (χ1n) is 8.91. The lowest BCUT2D eigenvalue weighted by Gasteiger charge is -2.35. The minimum atomic E-state index is -3.66. The van der Waals surface area contributed by atoms with Gasteiger partial charge >= 0.3 is 0 Å². The van der Waals surface area contributed by atoms with Crippen LogP contribution in [-0.2, 0) is 19.1 Å². The number of nitrogens with one attached hydrogen (secondary N) is 1. The van der Waals surface area contributed by atoms with Crippen molar-refractivity contribution in [1.29, 1.82) is 0 Å². The summed E-state index contributed by atoms with van der Waals surface area (Å²) >= 11 is 0. The van der Waals surface area contributed by atoms with Gasteiger partial charge in [0, 0.05) is 12.5 Å². The lowest BCUT2D eigenvalue weighted by molar-refractivity contribution is -0.128. The topological polar surface area (TPSA) is 72.5 Å². The number of Topliss-reactive ketones (excluding diaryl/α,β-unsaturated/α-hetero) is 1. The maximum absolute atomic E-state index is 12.4. The van der Waals surface area contributed by atoms with Gasteiger partial charge in [-0.05, 0) is 50.0 Å². The molecule has 3 aliphatic rings. The Balaban J connectivity index is 1.59. The zero-order chi connectivity index (χ0) is 16.7. The van der Waals surface area contributed by atoms with Crippen LogP contribution < -0.4 is 5.32 Å². The van der Waals surface area contributed by atoms with Gasteiger partial charge in [0.15, 0.2) is 0 Å². The van der Waals surface area contributed by atoms with Gasteiger partial charge < -0.3 is 5.32 Å². The van der Waals surface area contributed by atoms with Crippen molar-refractivity contribution in [3.63, 3.8) is 0 Å². The van der Waals surface area contributed by atoms with Gasteiger partial charge in [-0.1, -0.05) is 20.3 Å². The van der Waals surface area contributed by atoms with Crippen LogP contribution in [0.2, 0.25) is 0 Å². The number of rotatable bonds is 6. The molecule has 3 fully saturated rings. The minimum absolute atomic E-state index is 0.125. The first kappa shape index (κ1) is 17.4. The van der Waals surface area contributed by atoms with Gasteiger partial charge in [-0.15, -0.1) is 0 Å². The molecule has 23 heavy (non-hydrogen) atoms. The second-order valence-corrected chi connectivity index (χ2v) is 9.77. The lowest BCUT2D eigenvalue weighted by Crippen LogP contribution is -2.42. The molecule has 132 valence electrons. The number of hydrogen-bond acceptors (Lipinski definition) is 5. The van der Waals surface area contributed by atoms with E-state index in [4.69, 9.17) is 4.18 Å². The van der Waals surface area contributed by atoms with E-state index >= 15 is 0 Å². The second-order valence-electron chi connectivity index (χ2n) is 8.13. The summed E-state index contributed by atoms with van der Waals surface area (Å²) in [5, 5.41) is 3.39. The van der Waals surface area contributed by atoms with Gasteiger partial charge in [0.1, 0.15) is 5.78 Å². The van der Waals surface area contributed by atoms with Gasteiger partial charge in [-0.3, -0.25) is 8.98 Å². The number of carbonyl (C=O) groups is 1. The average Bonchev–Trinajstić information content (AvgIpc) is 2.82. The zero-order valence-electron chi connectivity index (χ0n) is 14.3. The molecule has 6 heteroatoms. The Morgan fingerprint density at radius 2 is 2.04 bits per heavy atom. The van der Waals surface area contributed by atoms with Crippen LogP contribution in [0.3, 0.4) is 0 Å². The lowest BCUT2D eigenvalue weighted by atomic mass is 9.70. The molecule has 3 atom stereocenters. The number of hydrogen-bond donors (Lipinski definition) is 1. The third-order valence-corrected chi connectivity index (χ3v) is 8.08. The van der Waals surface area contributed by atoms with Crippen LogP contribution in [0.25, 0.3) is 0 Å². The molecule has 1 aliphatic heterocycles. The van der Waals surface area contributed by atoms with Crippen molar-refractivity contribution in [1.82, 2.24) is 5.32 Å². The standard InChI is InChI=1S/C17H29NO4S/c1-16(2)13-6-8-17(16,15(19)11-13)12-23(20,21)22-10-7-14-5-3-4-9-18-14/h13-14,18H,3-12H2,1-2H3. The highest BCUT2D eigenvalue weighted by atomic mass is 32.2. The van der Waals surface area contributed by atoms with Crippen molar-refractivity contribution < 1.29 is 17.4 Å². The van der Waals surface area contributed by atoms with E-state index in [9.17, 15) is 13.2 Å². The Bertz CT molecular complexity index is 565. The fourth-order valence-electron chi connectivity index (χ4n) is 4.94. The van der Waals surface area contributed by atoms with E-state index < -0.39 is 15.5 Å². The third-order valence-electron chi connectivity index (χ3n) is 6.70. The number of carbonyl (C=O) groups excluding carboxylic acids is 1. The van der Waals surface area contributed by atoms with Gasteiger partial charge in [-0.25, -0.2) is 0 Å². The van der Waals surface area contributed by atoms with E-state index in [1.807, 2.05) is 0 Å². The summed E-state index contributed by atoms with van der Waals surface area (Å²) in [5.74, 6) is 0.317. The molecule has 5 nitrogen and oxygen atoms in total. The summed E-state index contributed by atoms with van der Waals surface area (Å²) in [6.45, 7) is 5.33. The average molecular weight is 343 g/mol. The highest BCUT2D eigenvalue weighted by Crippen LogP contribution is 2.64. The molecule has 2 saturated carbocycles. The Hall–Kier alpha value is -0.460. The van der Waals surface area contributed by atoms with Crippen molar-refractivity contribution in [2.24, 2.45) is 16.7 Å². The highest BCUT2D eigenvalue weighted by Gasteiger charge is 2.65. The fraction of sp³-hybridized carbons (Fsp3) is 0.941. The van der Waals surface area contributed by atoms with Crippen molar-refractivity contribution in [2.75, 3.05) is 18.9 Å². The second kappa shape index (κ2) is 6.12. The van der Waals surface area contributed by atoms with Crippen LogP contribution >= 0.6 is 0 Å². The molecular formula is C17H29NO4S. The van der Waals surface area contributed by atoms with Crippen molar-refractivity contribution >= 4 is 15.9 Å². The first-order chi connectivity index (χ1) is 10.8. The maximum atomic E-state index is 12.4. The van der Waals surface area contributed by atoms with E-state index in [1.54, 1.807) is 0 Å². The van der Waals surface area contributed by atoms with Crippen LogP contribution in [0, 0.1) is 16.7 Å². The van der Waals surface area contributed by atoms with E-state index in [1.165, 1.54) is 12.8 Å². The van der Waals surface area contributed by atoms with E-state index in [-0.39, 0.29) is 23.6 Å². The predicted molar refractivity (Wildman–Crippen MR) is 88.6 cm³/mol. The van der Waals surface area contributed by atoms with Crippen LogP contribution in [-0.4, -0.2) is 39.1 Å². The Labute approximate surface area is 139 Å². The third kappa shape index (κ3) is 3.10. The molecule has 0 radical (unpaired) electrons. The molecule has 2 bridgehead atoms. The maximum Gasteiger partial charge on any atom is 0.268 e. The van der Waals surface area contributed by atoms with Gasteiger partial charge in [-0.2, -0.15) is 8.42 Å². The Morgan fingerprint density at radius 3 is 2.61 bits per heavy atom. The van der Waals surface area contributed by atoms with Crippen LogP contribution in [0.5, 0.6) is 0 Å². The van der Waals surface area contributed by atoms with E-state index in [2.05, 4.69) is 19.2 Å². The molecule has 3 unspecified atom stereocenters. The SMILES string of the molecule is CC1(C)C2CCC1(CS(=O)(=O)OCCC1CCCCN1)C(=O)C2. The molecule has 0 aromatic heterocycles. The number of piperidine rings is 1. The summed E-state index contributed by atoms with van der Waals surface area (Å²) in [7, 11) is -3.66. The molecule has 0 spiro atoms. The molecule has 2 aliphatic carbocycles. The largest absolute Gasteiger partial charge is 0.314 e. The number of fused-ring (bicyclic) bond motifs is 2. The predicted octanol–water partition coefficient (Wildman–Crippen LogP) is 2.26. The summed E-state index contributed by atoms with van der Waals surface area (Å²) in [6, 6.07) is 0.359. The molecule has 0 aromatic carbocycles. The van der Waals surface area contributed by atoms with Gasteiger partial charge in [0.25, 0.3) is 10.1 Å². The van der Waals surface area contributed by atoms with Crippen LogP contribution in [0.15, 0.2) is 0 Å². The monoisotopic (exact) mass is 343 g/mol. The molecule has 1 N–H and O–H groups in total. The molecule has 3 rings (SSSR count). The zero-order valence-corrected chi connectivity index (χ0v) is 15.1. The quantitative estimate of drug-likeness (QED) is 0.749. The molecule has 1 saturated heterocycles.